The Bertz CT molecular complexity index is 1360. The number of rotatable bonds is 6. The predicted molar refractivity (Wildman–Crippen MR) is 115 cm³/mol. The molecule has 0 radical (unpaired) electrons. The SMILES string of the molecule is COC(=O)C(C(=O)OC)c1c(C)n(Cc2ccc(S(C)(=O)=O)cc2C(F)(F)F)c2ncccc12. The maximum atomic E-state index is 13.8. The Labute approximate surface area is 193 Å². The molecule has 12 heteroatoms. The fraction of sp³-hybridized carbons (Fsp3) is 0.318. The Balaban J connectivity index is 2.27. The van der Waals surface area contributed by atoms with E-state index in [4.69, 9.17) is 9.47 Å². The van der Waals surface area contributed by atoms with Crippen LogP contribution >= 0.6 is 0 Å². The molecule has 0 atom stereocenters. The molecular weight excluding hydrogens is 477 g/mol. The molecule has 2 heterocycles. The van der Waals surface area contributed by atoms with E-state index < -0.39 is 44.3 Å². The minimum absolute atomic E-state index is 0.197. The molecule has 2 aromatic heterocycles. The second-order valence-corrected chi connectivity index (χ2v) is 9.54. The average molecular weight is 498 g/mol. The highest BCUT2D eigenvalue weighted by atomic mass is 32.2. The number of nitrogens with zero attached hydrogens (tertiary/aromatic N) is 2. The average Bonchev–Trinajstić information content (AvgIpc) is 3.04. The lowest BCUT2D eigenvalue weighted by atomic mass is 9.96. The molecule has 0 amide bonds. The standard InChI is InChI=1S/C22H21F3N2O6S/c1-12-17(18(20(28)32-2)21(29)33-3)15-6-5-9-26-19(15)27(12)11-13-7-8-14(34(4,30)31)10-16(13)22(23,24)25/h5-10,18H,11H2,1-4H3. The van der Waals surface area contributed by atoms with E-state index in [-0.39, 0.29) is 23.3 Å². The Morgan fingerprint density at radius 2 is 1.74 bits per heavy atom. The fourth-order valence-corrected chi connectivity index (χ4v) is 4.45. The number of fused-ring (bicyclic) bond motifs is 1. The molecule has 0 saturated carbocycles. The number of carbonyl (C=O) groups excluding carboxylic acids is 2. The zero-order valence-corrected chi connectivity index (χ0v) is 19.5. The van der Waals surface area contributed by atoms with E-state index in [0.717, 1.165) is 32.6 Å². The zero-order chi connectivity index (χ0) is 25.4. The highest BCUT2D eigenvalue weighted by Crippen LogP contribution is 2.37. The molecular formula is C22H21F3N2O6S. The summed E-state index contributed by atoms with van der Waals surface area (Å²) in [5.74, 6) is -3.27. The van der Waals surface area contributed by atoms with Gasteiger partial charge in [-0.15, -0.1) is 0 Å². The van der Waals surface area contributed by atoms with Crippen molar-refractivity contribution >= 4 is 32.8 Å². The summed E-state index contributed by atoms with van der Waals surface area (Å²) < 4.78 is 76.0. The van der Waals surface area contributed by atoms with Crippen LogP contribution in [0.15, 0.2) is 41.4 Å². The van der Waals surface area contributed by atoms with E-state index in [1.807, 2.05) is 0 Å². The molecule has 0 bridgehead atoms. The minimum Gasteiger partial charge on any atom is -0.468 e. The summed E-state index contributed by atoms with van der Waals surface area (Å²) in [6, 6.07) is 5.92. The van der Waals surface area contributed by atoms with Gasteiger partial charge in [0.15, 0.2) is 15.8 Å². The molecule has 1 aromatic carbocycles. The molecule has 0 spiro atoms. The van der Waals surface area contributed by atoms with Crippen LogP contribution in [0.1, 0.15) is 28.3 Å². The Morgan fingerprint density at radius 3 is 2.26 bits per heavy atom. The number of sulfone groups is 1. The summed E-state index contributed by atoms with van der Waals surface area (Å²) in [6.45, 7) is 1.18. The van der Waals surface area contributed by atoms with Gasteiger partial charge in [-0.05, 0) is 36.8 Å². The van der Waals surface area contributed by atoms with Gasteiger partial charge in [-0.3, -0.25) is 9.59 Å². The number of halogens is 3. The number of hydrogen-bond acceptors (Lipinski definition) is 7. The number of benzene rings is 1. The molecule has 0 unspecified atom stereocenters. The van der Waals surface area contributed by atoms with Gasteiger partial charge in [-0.25, -0.2) is 13.4 Å². The largest absolute Gasteiger partial charge is 0.468 e. The van der Waals surface area contributed by atoms with E-state index in [1.165, 1.54) is 17.7 Å². The molecule has 0 aliphatic heterocycles. The van der Waals surface area contributed by atoms with Crippen molar-refractivity contribution in [3.8, 4) is 0 Å². The van der Waals surface area contributed by atoms with Crippen LogP contribution in [0.3, 0.4) is 0 Å². The fourth-order valence-electron chi connectivity index (χ4n) is 3.81. The number of methoxy groups -OCH3 is 2. The summed E-state index contributed by atoms with van der Waals surface area (Å²) >= 11 is 0. The van der Waals surface area contributed by atoms with E-state index >= 15 is 0 Å². The first-order valence-electron chi connectivity index (χ1n) is 9.80. The van der Waals surface area contributed by atoms with Crippen LogP contribution in [-0.4, -0.2) is 50.4 Å². The Kier molecular flexibility index (Phi) is 6.74. The topological polar surface area (TPSA) is 105 Å². The van der Waals surface area contributed by atoms with Crippen molar-refractivity contribution in [2.24, 2.45) is 0 Å². The highest BCUT2D eigenvalue weighted by molar-refractivity contribution is 7.90. The lowest BCUT2D eigenvalue weighted by Gasteiger charge is -2.17. The van der Waals surface area contributed by atoms with Crippen LogP contribution in [0.5, 0.6) is 0 Å². The summed E-state index contributed by atoms with van der Waals surface area (Å²) in [4.78, 5) is 28.6. The molecule has 0 aliphatic carbocycles. The minimum atomic E-state index is -4.83. The molecule has 0 saturated heterocycles. The first-order chi connectivity index (χ1) is 15.8. The van der Waals surface area contributed by atoms with Crippen LogP contribution in [0.2, 0.25) is 0 Å². The first-order valence-corrected chi connectivity index (χ1v) is 11.7. The highest BCUT2D eigenvalue weighted by Gasteiger charge is 2.37. The molecule has 8 nitrogen and oxygen atoms in total. The smallest absolute Gasteiger partial charge is 0.416 e. The second-order valence-electron chi connectivity index (χ2n) is 7.53. The van der Waals surface area contributed by atoms with Gasteiger partial charge < -0.3 is 14.0 Å². The van der Waals surface area contributed by atoms with E-state index in [0.29, 0.717) is 17.1 Å². The number of pyridine rings is 1. The normalized spacial score (nSPS) is 12.2. The third kappa shape index (κ3) is 4.63. The summed E-state index contributed by atoms with van der Waals surface area (Å²) in [5, 5.41) is 0.363. The molecule has 34 heavy (non-hydrogen) atoms. The maximum absolute atomic E-state index is 13.8. The number of carbonyl (C=O) groups is 2. The van der Waals surface area contributed by atoms with Gasteiger partial charge in [0, 0.05) is 35.6 Å². The van der Waals surface area contributed by atoms with E-state index in [9.17, 15) is 31.2 Å². The molecule has 3 rings (SSSR count). The van der Waals surface area contributed by atoms with Crippen molar-refractivity contribution in [1.29, 1.82) is 0 Å². The molecule has 0 aliphatic rings. The first kappa shape index (κ1) is 25.2. The van der Waals surface area contributed by atoms with Crippen molar-refractivity contribution < 1.29 is 40.7 Å². The summed E-state index contributed by atoms with van der Waals surface area (Å²) in [5.41, 5.74) is -0.609. The van der Waals surface area contributed by atoms with Crippen molar-refractivity contribution in [3.63, 3.8) is 0 Å². The van der Waals surface area contributed by atoms with Gasteiger partial charge in [0.1, 0.15) is 5.65 Å². The van der Waals surface area contributed by atoms with Crippen LogP contribution in [0.4, 0.5) is 13.2 Å². The van der Waals surface area contributed by atoms with Gasteiger partial charge in [0.2, 0.25) is 0 Å². The summed E-state index contributed by atoms with van der Waals surface area (Å²) in [7, 11) is -1.67. The summed E-state index contributed by atoms with van der Waals surface area (Å²) in [6.07, 6.45) is -2.59. The number of alkyl halides is 3. The molecule has 3 aromatic rings. The van der Waals surface area contributed by atoms with Gasteiger partial charge in [-0.2, -0.15) is 13.2 Å². The monoisotopic (exact) mass is 498 g/mol. The number of aromatic nitrogens is 2. The van der Waals surface area contributed by atoms with Gasteiger partial charge in [-0.1, -0.05) is 6.07 Å². The number of hydrogen-bond donors (Lipinski definition) is 0. The maximum Gasteiger partial charge on any atom is 0.416 e. The van der Waals surface area contributed by atoms with E-state index in [1.54, 1.807) is 12.1 Å². The quantitative estimate of drug-likeness (QED) is 0.380. The van der Waals surface area contributed by atoms with Gasteiger partial charge >= 0.3 is 18.1 Å². The number of esters is 2. The third-order valence-electron chi connectivity index (χ3n) is 5.43. The van der Waals surface area contributed by atoms with Crippen LogP contribution in [0.25, 0.3) is 11.0 Å². The van der Waals surface area contributed by atoms with Crippen LogP contribution in [-0.2, 0) is 41.6 Å². The van der Waals surface area contributed by atoms with Crippen molar-refractivity contribution in [2.45, 2.75) is 30.5 Å². The van der Waals surface area contributed by atoms with Gasteiger partial charge in [0.05, 0.1) is 24.7 Å². The van der Waals surface area contributed by atoms with Crippen molar-refractivity contribution in [2.75, 3.05) is 20.5 Å². The van der Waals surface area contributed by atoms with Crippen molar-refractivity contribution in [3.05, 3.63) is 58.9 Å². The molecule has 0 N–H and O–H groups in total. The third-order valence-corrected chi connectivity index (χ3v) is 6.54. The van der Waals surface area contributed by atoms with Crippen LogP contribution in [0, 0.1) is 6.92 Å². The molecule has 182 valence electrons. The molecule has 0 fully saturated rings. The second kappa shape index (κ2) is 9.09. The van der Waals surface area contributed by atoms with E-state index in [2.05, 4.69) is 4.98 Å². The van der Waals surface area contributed by atoms with Crippen LogP contribution < -0.4 is 0 Å². The predicted octanol–water partition coefficient (Wildman–Crippen LogP) is 3.24. The van der Waals surface area contributed by atoms with Gasteiger partial charge in [0.25, 0.3) is 0 Å². The zero-order valence-electron chi connectivity index (χ0n) is 18.6. The lowest BCUT2D eigenvalue weighted by molar-refractivity contribution is -0.154. The Hall–Kier alpha value is -3.41. The Morgan fingerprint density at radius 1 is 1.12 bits per heavy atom. The van der Waals surface area contributed by atoms with Crippen molar-refractivity contribution in [1.82, 2.24) is 9.55 Å². The lowest BCUT2D eigenvalue weighted by Crippen LogP contribution is -2.25. The number of ether oxygens (including phenoxy) is 2.